The van der Waals surface area contributed by atoms with Crippen LogP contribution in [0.2, 0.25) is 0 Å². The first-order chi connectivity index (χ1) is 8.58. The molecule has 0 atom stereocenters. The number of rotatable bonds is 3. The summed E-state index contributed by atoms with van der Waals surface area (Å²) in [4.78, 5) is 22.9. The van der Waals surface area contributed by atoms with Gasteiger partial charge in [0.15, 0.2) is 5.78 Å². The number of Topliss-reactive ketones (excluding diaryl/α,β-unsaturated/α-hetero) is 1. The van der Waals surface area contributed by atoms with Gasteiger partial charge in [-0.2, -0.15) is 0 Å². The van der Waals surface area contributed by atoms with Gasteiger partial charge < -0.3 is 9.84 Å². The molecule has 0 saturated heterocycles. The summed E-state index contributed by atoms with van der Waals surface area (Å²) in [6.07, 6.45) is 1.48. The lowest BCUT2D eigenvalue weighted by Crippen LogP contribution is -2.12. The number of benzene rings is 1. The number of amides is 1. The highest BCUT2D eigenvalue weighted by molar-refractivity contribution is 6.03. The Morgan fingerprint density at radius 1 is 1.22 bits per heavy atom. The SMILES string of the molecule is CC(=O)c1ccc(NC(=O)c2oncc2C)cc1. The van der Waals surface area contributed by atoms with Crippen molar-refractivity contribution < 1.29 is 14.1 Å². The normalized spacial score (nSPS) is 10.1. The summed E-state index contributed by atoms with van der Waals surface area (Å²) in [5.41, 5.74) is 1.87. The molecule has 5 nitrogen and oxygen atoms in total. The van der Waals surface area contributed by atoms with Crippen LogP contribution >= 0.6 is 0 Å². The number of ketones is 1. The van der Waals surface area contributed by atoms with Crippen molar-refractivity contribution in [2.24, 2.45) is 0 Å². The highest BCUT2D eigenvalue weighted by Gasteiger charge is 2.14. The zero-order valence-electron chi connectivity index (χ0n) is 10.1. The minimum absolute atomic E-state index is 0.0149. The topological polar surface area (TPSA) is 72.2 Å². The van der Waals surface area contributed by atoms with E-state index in [4.69, 9.17) is 4.52 Å². The number of hydrogen-bond acceptors (Lipinski definition) is 4. The van der Waals surface area contributed by atoms with Gasteiger partial charge in [-0.3, -0.25) is 9.59 Å². The Bertz CT molecular complexity index is 585. The highest BCUT2D eigenvalue weighted by atomic mass is 16.5. The summed E-state index contributed by atoms with van der Waals surface area (Å²) in [5, 5.41) is 6.21. The molecule has 5 heteroatoms. The average Bonchev–Trinajstić information content (AvgIpc) is 2.76. The number of nitrogens with zero attached hydrogens (tertiary/aromatic N) is 1. The maximum absolute atomic E-state index is 11.8. The van der Waals surface area contributed by atoms with Gasteiger partial charge in [-0.15, -0.1) is 0 Å². The average molecular weight is 244 g/mol. The molecule has 0 aliphatic carbocycles. The summed E-state index contributed by atoms with van der Waals surface area (Å²) in [5.74, 6) is -0.190. The largest absolute Gasteiger partial charge is 0.351 e. The fourth-order valence-corrected chi connectivity index (χ4v) is 1.49. The fourth-order valence-electron chi connectivity index (χ4n) is 1.49. The van der Waals surface area contributed by atoms with E-state index in [1.165, 1.54) is 13.1 Å². The van der Waals surface area contributed by atoms with Gasteiger partial charge in [0, 0.05) is 16.8 Å². The minimum atomic E-state index is -0.361. The van der Waals surface area contributed by atoms with E-state index in [0.717, 1.165) is 0 Å². The van der Waals surface area contributed by atoms with Gasteiger partial charge >= 0.3 is 0 Å². The molecule has 2 rings (SSSR count). The molecule has 2 aromatic rings. The predicted octanol–water partition coefficient (Wildman–Crippen LogP) is 2.44. The lowest BCUT2D eigenvalue weighted by atomic mass is 10.1. The molecule has 1 aromatic heterocycles. The molecule has 0 radical (unpaired) electrons. The van der Waals surface area contributed by atoms with Gasteiger partial charge in [0.05, 0.1) is 6.20 Å². The van der Waals surface area contributed by atoms with Crippen molar-refractivity contribution in [3.05, 3.63) is 47.3 Å². The zero-order valence-corrected chi connectivity index (χ0v) is 10.1. The Kier molecular flexibility index (Phi) is 3.23. The number of aromatic nitrogens is 1. The van der Waals surface area contributed by atoms with E-state index in [0.29, 0.717) is 16.8 Å². The molecule has 0 fully saturated rings. The monoisotopic (exact) mass is 244 g/mol. The molecule has 1 N–H and O–H groups in total. The van der Waals surface area contributed by atoms with Crippen molar-refractivity contribution >= 4 is 17.4 Å². The Morgan fingerprint density at radius 2 is 1.89 bits per heavy atom. The first-order valence-corrected chi connectivity index (χ1v) is 5.41. The summed E-state index contributed by atoms with van der Waals surface area (Å²) >= 11 is 0. The summed E-state index contributed by atoms with van der Waals surface area (Å²) in [6, 6.07) is 6.65. The van der Waals surface area contributed by atoms with Crippen LogP contribution in [0.5, 0.6) is 0 Å². The Balaban J connectivity index is 2.13. The zero-order chi connectivity index (χ0) is 13.1. The van der Waals surface area contributed by atoms with E-state index >= 15 is 0 Å². The van der Waals surface area contributed by atoms with Crippen LogP contribution in [0.3, 0.4) is 0 Å². The van der Waals surface area contributed by atoms with E-state index in [2.05, 4.69) is 10.5 Å². The van der Waals surface area contributed by atoms with Crippen LogP contribution < -0.4 is 5.32 Å². The van der Waals surface area contributed by atoms with Crippen molar-refractivity contribution in [1.82, 2.24) is 5.16 Å². The van der Waals surface area contributed by atoms with Crippen LogP contribution in [0, 0.1) is 6.92 Å². The van der Waals surface area contributed by atoms with E-state index < -0.39 is 0 Å². The lowest BCUT2D eigenvalue weighted by molar-refractivity contribution is 0.0985. The molecular formula is C13H12N2O3. The molecule has 0 spiro atoms. The standard InChI is InChI=1S/C13H12N2O3/c1-8-7-14-18-12(8)13(17)15-11-5-3-10(4-6-11)9(2)16/h3-7H,1-2H3,(H,15,17). The van der Waals surface area contributed by atoms with Gasteiger partial charge in [-0.05, 0) is 38.1 Å². The lowest BCUT2D eigenvalue weighted by Gasteiger charge is -2.03. The third kappa shape index (κ3) is 2.45. The van der Waals surface area contributed by atoms with Crippen molar-refractivity contribution in [3.8, 4) is 0 Å². The number of hydrogen-bond donors (Lipinski definition) is 1. The van der Waals surface area contributed by atoms with Crippen molar-refractivity contribution in [2.45, 2.75) is 13.8 Å². The maximum Gasteiger partial charge on any atom is 0.294 e. The maximum atomic E-state index is 11.8. The van der Waals surface area contributed by atoms with E-state index in [9.17, 15) is 9.59 Å². The van der Waals surface area contributed by atoms with Crippen molar-refractivity contribution in [2.75, 3.05) is 5.32 Å². The van der Waals surface area contributed by atoms with Gasteiger partial charge in [-0.1, -0.05) is 5.16 Å². The van der Waals surface area contributed by atoms with Gasteiger partial charge in [0.2, 0.25) is 5.76 Å². The summed E-state index contributed by atoms with van der Waals surface area (Å²) < 4.78 is 4.84. The Hall–Kier alpha value is -2.43. The molecule has 1 heterocycles. The number of aryl methyl sites for hydroxylation is 1. The minimum Gasteiger partial charge on any atom is -0.351 e. The second kappa shape index (κ2) is 4.83. The van der Waals surface area contributed by atoms with Crippen LogP contribution in [0.1, 0.15) is 33.4 Å². The quantitative estimate of drug-likeness (QED) is 0.841. The smallest absolute Gasteiger partial charge is 0.294 e. The van der Waals surface area contributed by atoms with E-state index in [1.54, 1.807) is 31.2 Å². The first-order valence-electron chi connectivity index (χ1n) is 5.41. The van der Waals surface area contributed by atoms with Crippen LogP contribution in [0.4, 0.5) is 5.69 Å². The van der Waals surface area contributed by atoms with Gasteiger partial charge in [0.25, 0.3) is 5.91 Å². The number of carbonyl (C=O) groups excluding carboxylic acids is 2. The molecule has 0 bridgehead atoms. The molecule has 1 amide bonds. The van der Waals surface area contributed by atoms with E-state index in [-0.39, 0.29) is 17.5 Å². The van der Waals surface area contributed by atoms with Crippen LogP contribution in [-0.2, 0) is 0 Å². The highest BCUT2D eigenvalue weighted by Crippen LogP contribution is 2.13. The third-order valence-corrected chi connectivity index (χ3v) is 2.50. The fraction of sp³-hybridized carbons (Fsp3) is 0.154. The number of nitrogens with one attached hydrogen (secondary N) is 1. The second-order valence-corrected chi connectivity index (χ2v) is 3.93. The van der Waals surface area contributed by atoms with Crippen molar-refractivity contribution in [1.29, 1.82) is 0 Å². The molecule has 1 aromatic carbocycles. The molecule has 92 valence electrons. The third-order valence-electron chi connectivity index (χ3n) is 2.50. The van der Waals surface area contributed by atoms with E-state index in [1.807, 2.05) is 0 Å². The molecule has 0 unspecified atom stereocenters. The van der Waals surface area contributed by atoms with Gasteiger partial charge in [0.1, 0.15) is 0 Å². The number of anilines is 1. The first kappa shape index (κ1) is 12.0. The van der Waals surface area contributed by atoms with Crippen LogP contribution in [0.25, 0.3) is 0 Å². The van der Waals surface area contributed by atoms with Gasteiger partial charge in [-0.25, -0.2) is 0 Å². The second-order valence-electron chi connectivity index (χ2n) is 3.93. The molecule has 18 heavy (non-hydrogen) atoms. The number of carbonyl (C=O) groups is 2. The van der Waals surface area contributed by atoms with Crippen molar-refractivity contribution in [3.63, 3.8) is 0 Å². The Labute approximate surface area is 104 Å². The summed E-state index contributed by atoms with van der Waals surface area (Å²) in [6.45, 7) is 3.23. The molecular weight excluding hydrogens is 232 g/mol. The molecule has 0 aliphatic heterocycles. The van der Waals surface area contributed by atoms with Crippen LogP contribution in [-0.4, -0.2) is 16.8 Å². The molecule has 0 aliphatic rings. The summed E-state index contributed by atoms with van der Waals surface area (Å²) in [7, 11) is 0. The Morgan fingerprint density at radius 3 is 2.39 bits per heavy atom. The van der Waals surface area contributed by atoms with Crippen LogP contribution in [0.15, 0.2) is 35.0 Å². The predicted molar refractivity (Wildman–Crippen MR) is 65.6 cm³/mol. The molecule has 0 saturated carbocycles.